The summed E-state index contributed by atoms with van der Waals surface area (Å²) in [6, 6.07) is 12.8. The Morgan fingerprint density at radius 1 is 1.13 bits per heavy atom. The number of hydrogen-bond donors (Lipinski definition) is 1. The second kappa shape index (κ2) is 9.79. The van der Waals surface area contributed by atoms with E-state index in [9.17, 15) is 9.59 Å². The molecule has 1 aromatic heterocycles. The summed E-state index contributed by atoms with van der Waals surface area (Å²) in [5, 5.41) is 3.48. The van der Waals surface area contributed by atoms with Crippen LogP contribution in [0.25, 0.3) is 11.0 Å². The normalized spacial score (nSPS) is 11.3. The number of benzene rings is 2. The van der Waals surface area contributed by atoms with E-state index in [1.807, 2.05) is 64.3 Å². The Bertz CT molecular complexity index is 1110. The average molecular weight is 423 g/mol. The molecule has 6 heteroatoms. The molecule has 3 aromatic rings. The van der Waals surface area contributed by atoms with E-state index >= 15 is 0 Å². The van der Waals surface area contributed by atoms with Crippen LogP contribution >= 0.6 is 0 Å². The highest BCUT2D eigenvalue weighted by Gasteiger charge is 2.18. The molecular formula is C25H30N2O4. The summed E-state index contributed by atoms with van der Waals surface area (Å²) < 4.78 is 11.5. The first-order valence-corrected chi connectivity index (χ1v) is 10.6. The van der Waals surface area contributed by atoms with E-state index in [1.165, 1.54) is 0 Å². The lowest BCUT2D eigenvalue weighted by Crippen LogP contribution is -2.21. The maximum Gasteiger partial charge on any atom is 0.349 e. The molecule has 1 N–H and O–H groups in total. The van der Waals surface area contributed by atoms with E-state index in [0.717, 1.165) is 24.1 Å². The van der Waals surface area contributed by atoms with E-state index in [-0.39, 0.29) is 11.7 Å². The molecule has 1 amide bonds. The Kier molecular flexibility index (Phi) is 7.13. The number of anilines is 1. The van der Waals surface area contributed by atoms with Gasteiger partial charge in [-0.15, -0.1) is 0 Å². The van der Waals surface area contributed by atoms with Crippen molar-refractivity contribution in [1.82, 2.24) is 4.90 Å². The lowest BCUT2D eigenvalue weighted by Gasteiger charge is -2.15. The molecule has 3 rings (SSSR count). The van der Waals surface area contributed by atoms with Gasteiger partial charge in [0.1, 0.15) is 16.9 Å². The van der Waals surface area contributed by atoms with Gasteiger partial charge in [-0.05, 0) is 70.3 Å². The molecule has 0 bridgehead atoms. The first kappa shape index (κ1) is 22.6. The van der Waals surface area contributed by atoms with Gasteiger partial charge < -0.3 is 19.4 Å². The van der Waals surface area contributed by atoms with Crippen LogP contribution in [0.1, 0.15) is 48.7 Å². The van der Waals surface area contributed by atoms with Crippen LogP contribution in [-0.2, 0) is 13.0 Å². The minimum atomic E-state index is -0.659. The van der Waals surface area contributed by atoms with E-state index < -0.39 is 11.5 Å². The molecule has 0 aliphatic rings. The number of hydrogen-bond acceptors (Lipinski definition) is 5. The van der Waals surface area contributed by atoms with Crippen molar-refractivity contribution in [2.75, 3.05) is 19.4 Å². The van der Waals surface area contributed by atoms with Crippen LogP contribution in [0.5, 0.6) is 5.75 Å². The van der Waals surface area contributed by atoms with Gasteiger partial charge in [0.15, 0.2) is 0 Å². The molecule has 0 atom stereocenters. The minimum Gasteiger partial charge on any atom is -0.491 e. The Morgan fingerprint density at radius 2 is 1.84 bits per heavy atom. The molecule has 2 aromatic carbocycles. The van der Waals surface area contributed by atoms with E-state index in [2.05, 4.69) is 17.1 Å². The highest BCUT2D eigenvalue weighted by molar-refractivity contribution is 6.05. The minimum absolute atomic E-state index is 0.00828. The first-order chi connectivity index (χ1) is 14.8. The third kappa shape index (κ3) is 5.52. The summed E-state index contributed by atoms with van der Waals surface area (Å²) in [5.41, 5.74) is 2.41. The van der Waals surface area contributed by atoms with Gasteiger partial charge in [-0.3, -0.25) is 4.79 Å². The Balaban J connectivity index is 1.91. The van der Waals surface area contributed by atoms with Crippen molar-refractivity contribution in [3.8, 4) is 5.75 Å². The zero-order chi connectivity index (χ0) is 22.5. The van der Waals surface area contributed by atoms with Gasteiger partial charge in [0, 0.05) is 23.2 Å². The zero-order valence-corrected chi connectivity index (χ0v) is 18.8. The van der Waals surface area contributed by atoms with Crippen LogP contribution in [0, 0.1) is 0 Å². The summed E-state index contributed by atoms with van der Waals surface area (Å²) in [5.74, 6) is 0.220. The fourth-order valence-electron chi connectivity index (χ4n) is 3.49. The smallest absolute Gasteiger partial charge is 0.349 e. The molecule has 1 heterocycles. The predicted octanol–water partition coefficient (Wildman–Crippen LogP) is 4.85. The first-order valence-electron chi connectivity index (χ1n) is 10.6. The van der Waals surface area contributed by atoms with Crippen molar-refractivity contribution in [2.24, 2.45) is 0 Å². The summed E-state index contributed by atoms with van der Waals surface area (Å²) in [6.07, 6.45) is 1.60. The third-order valence-electron chi connectivity index (χ3n) is 4.78. The maximum atomic E-state index is 12.8. The third-order valence-corrected chi connectivity index (χ3v) is 4.78. The molecule has 31 heavy (non-hydrogen) atoms. The Labute approximate surface area is 182 Å². The molecule has 0 spiro atoms. The number of rotatable bonds is 8. The average Bonchev–Trinajstić information content (AvgIpc) is 2.70. The van der Waals surface area contributed by atoms with E-state index in [0.29, 0.717) is 28.8 Å². The molecule has 6 nitrogen and oxygen atoms in total. The van der Waals surface area contributed by atoms with Gasteiger partial charge in [0.25, 0.3) is 5.91 Å². The van der Waals surface area contributed by atoms with Crippen molar-refractivity contribution in [3.05, 3.63) is 69.6 Å². The van der Waals surface area contributed by atoms with Crippen molar-refractivity contribution in [3.63, 3.8) is 0 Å². The number of fused-ring (bicyclic) bond motifs is 1. The second-order valence-electron chi connectivity index (χ2n) is 8.21. The van der Waals surface area contributed by atoms with Crippen LogP contribution in [0.15, 0.2) is 51.7 Å². The van der Waals surface area contributed by atoms with Gasteiger partial charge in [-0.1, -0.05) is 25.5 Å². The van der Waals surface area contributed by atoms with Crippen LogP contribution in [0.4, 0.5) is 5.69 Å². The molecule has 0 saturated carbocycles. The van der Waals surface area contributed by atoms with Crippen molar-refractivity contribution >= 4 is 22.6 Å². The maximum absolute atomic E-state index is 12.8. The number of amides is 1. The fourth-order valence-corrected chi connectivity index (χ4v) is 3.49. The molecule has 0 fully saturated rings. The van der Waals surface area contributed by atoms with Crippen LogP contribution in [0.2, 0.25) is 0 Å². The highest BCUT2D eigenvalue weighted by Crippen LogP contribution is 2.30. The molecule has 164 valence electrons. The van der Waals surface area contributed by atoms with Gasteiger partial charge in [0.2, 0.25) is 0 Å². The Hall–Kier alpha value is -3.12. The van der Waals surface area contributed by atoms with Gasteiger partial charge >= 0.3 is 5.63 Å². The molecule has 0 radical (unpaired) electrons. The number of carbonyl (C=O) groups is 1. The summed E-state index contributed by atoms with van der Waals surface area (Å²) in [4.78, 5) is 27.5. The Morgan fingerprint density at radius 3 is 2.45 bits per heavy atom. The van der Waals surface area contributed by atoms with E-state index in [1.54, 1.807) is 6.07 Å². The summed E-state index contributed by atoms with van der Waals surface area (Å²) in [7, 11) is 4.00. The molecular weight excluding hydrogens is 392 g/mol. The quantitative estimate of drug-likeness (QED) is 0.526. The summed E-state index contributed by atoms with van der Waals surface area (Å²) in [6.45, 7) is 6.78. The van der Waals surface area contributed by atoms with Crippen LogP contribution < -0.4 is 15.7 Å². The lowest BCUT2D eigenvalue weighted by molar-refractivity contribution is 0.102. The van der Waals surface area contributed by atoms with Crippen LogP contribution in [-0.4, -0.2) is 31.0 Å². The van der Waals surface area contributed by atoms with Crippen molar-refractivity contribution in [2.45, 2.75) is 46.3 Å². The lowest BCUT2D eigenvalue weighted by atomic mass is 10.0. The number of carbonyl (C=O) groups excluding carboxylic acids is 1. The van der Waals surface area contributed by atoms with E-state index in [4.69, 9.17) is 9.15 Å². The molecule has 0 aliphatic carbocycles. The fraction of sp³-hybridized carbons (Fsp3) is 0.360. The van der Waals surface area contributed by atoms with Gasteiger partial charge in [-0.2, -0.15) is 0 Å². The van der Waals surface area contributed by atoms with Gasteiger partial charge in [-0.25, -0.2) is 4.79 Å². The molecule has 0 aliphatic heterocycles. The van der Waals surface area contributed by atoms with Crippen LogP contribution in [0.3, 0.4) is 0 Å². The van der Waals surface area contributed by atoms with Gasteiger partial charge in [0.05, 0.1) is 6.10 Å². The van der Waals surface area contributed by atoms with Crippen molar-refractivity contribution < 1.29 is 13.9 Å². The molecule has 0 saturated heterocycles. The number of nitrogens with zero attached hydrogens (tertiary/aromatic N) is 1. The number of ether oxygens (including phenoxy) is 1. The SMILES string of the molecule is CCCc1c(OC(C)C)ccc2cc(C(=O)Nc3ccc(CN(C)C)cc3)c(=O)oc12. The number of aryl methyl sites for hydroxylation is 1. The molecule has 0 unspecified atom stereocenters. The number of nitrogens with one attached hydrogen (secondary N) is 1. The standard InChI is InChI=1S/C25H30N2O4/c1-6-7-20-22(30-16(2)3)13-10-18-14-21(25(29)31-23(18)20)24(28)26-19-11-8-17(9-12-19)15-27(4)5/h8-14,16H,6-7,15H2,1-5H3,(H,26,28). The topological polar surface area (TPSA) is 71.8 Å². The van der Waals surface area contributed by atoms with Crippen molar-refractivity contribution in [1.29, 1.82) is 0 Å². The highest BCUT2D eigenvalue weighted by atomic mass is 16.5. The summed E-state index contributed by atoms with van der Waals surface area (Å²) >= 11 is 0. The predicted molar refractivity (Wildman–Crippen MR) is 124 cm³/mol. The second-order valence-corrected chi connectivity index (χ2v) is 8.21. The monoisotopic (exact) mass is 422 g/mol. The largest absolute Gasteiger partial charge is 0.491 e. The zero-order valence-electron chi connectivity index (χ0n) is 18.8.